The highest BCUT2D eigenvalue weighted by atomic mass is 35.5. The van der Waals surface area contributed by atoms with Crippen molar-refractivity contribution in [3.8, 4) is 5.75 Å². The van der Waals surface area contributed by atoms with E-state index < -0.39 is 0 Å². The topological polar surface area (TPSA) is 74.4 Å². The lowest BCUT2D eigenvalue weighted by Crippen LogP contribution is -2.50. The second kappa shape index (κ2) is 10.1. The SMILES string of the molecule is CCOc1ccc(C(NC(=O)C2NNC3CCNCC32)c2ccccc2)cc1.Cl. The summed E-state index contributed by atoms with van der Waals surface area (Å²) in [4.78, 5) is 13.2. The lowest BCUT2D eigenvalue weighted by Gasteiger charge is -2.29. The molecular weight excluding hydrogens is 388 g/mol. The van der Waals surface area contributed by atoms with E-state index in [1.165, 1.54) is 0 Å². The minimum atomic E-state index is -0.244. The molecule has 0 bridgehead atoms. The van der Waals surface area contributed by atoms with Crippen LogP contribution in [0.2, 0.25) is 0 Å². The van der Waals surface area contributed by atoms with E-state index in [2.05, 4.69) is 21.5 Å². The van der Waals surface area contributed by atoms with E-state index in [0.717, 1.165) is 36.4 Å². The average Bonchev–Trinajstić information content (AvgIpc) is 3.18. The maximum absolute atomic E-state index is 13.2. The first-order valence-electron chi connectivity index (χ1n) is 10.1. The number of hydrogen-bond donors (Lipinski definition) is 4. The van der Waals surface area contributed by atoms with Crippen LogP contribution in [0.5, 0.6) is 5.75 Å². The molecule has 2 aromatic carbocycles. The van der Waals surface area contributed by atoms with Crippen molar-refractivity contribution in [1.29, 1.82) is 0 Å². The summed E-state index contributed by atoms with van der Waals surface area (Å²) < 4.78 is 5.56. The number of ether oxygens (including phenoxy) is 1. The van der Waals surface area contributed by atoms with Gasteiger partial charge in [-0.05, 0) is 43.1 Å². The number of piperidine rings is 1. The Balaban J connectivity index is 0.00000240. The molecule has 1 amide bonds. The van der Waals surface area contributed by atoms with Crippen LogP contribution in [0.4, 0.5) is 0 Å². The molecule has 2 aromatic rings. The number of carbonyl (C=O) groups excluding carboxylic acids is 1. The molecule has 2 saturated heterocycles. The van der Waals surface area contributed by atoms with Gasteiger partial charge >= 0.3 is 0 Å². The van der Waals surface area contributed by atoms with Crippen LogP contribution in [0.1, 0.15) is 30.5 Å². The van der Waals surface area contributed by atoms with E-state index in [1.54, 1.807) is 0 Å². The van der Waals surface area contributed by atoms with E-state index in [-0.39, 0.29) is 36.3 Å². The Morgan fingerprint density at radius 1 is 1.10 bits per heavy atom. The number of amides is 1. The molecule has 4 N–H and O–H groups in total. The number of fused-ring (bicyclic) bond motifs is 1. The van der Waals surface area contributed by atoms with Gasteiger partial charge in [-0.25, -0.2) is 5.43 Å². The van der Waals surface area contributed by atoms with E-state index in [9.17, 15) is 4.79 Å². The average molecular weight is 417 g/mol. The highest BCUT2D eigenvalue weighted by molar-refractivity contribution is 5.85. The number of halogens is 1. The molecule has 0 saturated carbocycles. The van der Waals surface area contributed by atoms with Crippen LogP contribution < -0.4 is 26.2 Å². The third-order valence-corrected chi connectivity index (χ3v) is 5.61. The molecule has 2 heterocycles. The van der Waals surface area contributed by atoms with Crippen molar-refractivity contribution in [2.24, 2.45) is 5.92 Å². The molecule has 2 aliphatic heterocycles. The van der Waals surface area contributed by atoms with Crippen LogP contribution in [-0.2, 0) is 4.79 Å². The van der Waals surface area contributed by atoms with Gasteiger partial charge < -0.3 is 15.4 Å². The largest absolute Gasteiger partial charge is 0.494 e. The molecule has 0 aliphatic carbocycles. The number of hydrazine groups is 1. The van der Waals surface area contributed by atoms with Gasteiger partial charge in [-0.2, -0.15) is 0 Å². The van der Waals surface area contributed by atoms with Gasteiger partial charge in [0.2, 0.25) is 5.91 Å². The van der Waals surface area contributed by atoms with Gasteiger partial charge in [0.15, 0.2) is 0 Å². The van der Waals surface area contributed by atoms with Gasteiger partial charge in [-0.1, -0.05) is 42.5 Å². The first-order chi connectivity index (χ1) is 13.8. The lowest BCUT2D eigenvalue weighted by atomic mass is 9.88. The fourth-order valence-electron chi connectivity index (χ4n) is 4.14. The first-order valence-corrected chi connectivity index (χ1v) is 10.1. The third kappa shape index (κ3) is 4.90. The zero-order valence-electron chi connectivity index (χ0n) is 16.6. The molecule has 0 radical (unpaired) electrons. The Morgan fingerprint density at radius 2 is 1.83 bits per heavy atom. The van der Waals surface area contributed by atoms with Crippen molar-refractivity contribution in [3.05, 3.63) is 65.7 Å². The standard InChI is InChI=1S/C22H28N4O2.ClH/c1-2-28-17-10-8-16(9-11-17)20(15-6-4-3-5-7-15)24-22(27)21-18-14-23-13-12-19(18)25-26-21;/h3-11,18-21,23,25-26H,2,12-14H2,1H3,(H,24,27);1H. The first kappa shape index (κ1) is 21.6. The van der Waals surface area contributed by atoms with Crippen molar-refractivity contribution < 1.29 is 9.53 Å². The summed E-state index contributed by atoms with van der Waals surface area (Å²) in [6.07, 6.45) is 1.03. The summed E-state index contributed by atoms with van der Waals surface area (Å²) in [5.74, 6) is 1.11. The normalized spacial score (nSPS) is 24.1. The van der Waals surface area contributed by atoms with E-state index >= 15 is 0 Å². The molecule has 0 aromatic heterocycles. The zero-order valence-corrected chi connectivity index (χ0v) is 17.4. The summed E-state index contributed by atoms with van der Waals surface area (Å²) in [6.45, 7) is 4.44. The second-order valence-electron chi connectivity index (χ2n) is 7.38. The van der Waals surface area contributed by atoms with Crippen LogP contribution >= 0.6 is 12.4 Å². The molecular formula is C22H29ClN4O2. The quantitative estimate of drug-likeness (QED) is 0.580. The molecule has 4 atom stereocenters. The minimum absolute atomic E-state index is 0. The summed E-state index contributed by atoms with van der Waals surface area (Å²) in [5.41, 5.74) is 8.60. The van der Waals surface area contributed by atoms with Crippen LogP contribution in [0.3, 0.4) is 0 Å². The van der Waals surface area contributed by atoms with E-state index in [1.807, 2.05) is 61.5 Å². The van der Waals surface area contributed by atoms with Gasteiger partial charge in [0, 0.05) is 18.5 Å². The Labute approximate surface area is 178 Å². The smallest absolute Gasteiger partial charge is 0.239 e. The van der Waals surface area contributed by atoms with Crippen molar-refractivity contribution in [2.75, 3.05) is 19.7 Å². The lowest BCUT2D eigenvalue weighted by molar-refractivity contribution is -0.124. The molecule has 29 heavy (non-hydrogen) atoms. The maximum atomic E-state index is 13.2. The van der Waals surface area contributed by atoms with Gasteiger partial charge in [-0.15, -0.1) is 12.4 Å². The van der Waals surface area contributed by atoms with Crippen molar-refractivity contribution >= 4 is 18.3 Å². The molecule has 7 heteroatoms. The highest BCUT2D eigenvalue weighted by Crippen LogP contribution is 2.26. The number of nitrogens with one attached hydrogen (secondary N) is 4. The molecule has 2 aliphatic rings. The number of rotatable bonds is 6. The summed E-state index contributed by atoms with van der Waals surface area (Å²) in [6, 6.07) is 17.9. The van der Waals surface area contributed by atoms with Gasteiger partial charge in [0.25, 0.3) is 0 Å². The summed E-state index contributed by atoms with van der Waals surface area (Å²) >= 11 is 0. The third-order valence-electron chi connectivity index (χ3n) is 5.61. The zero-order chi connectivity index (χ0) is 19.3. The summed E-state index contributed by atoms with van der Waals surface area (Å²) in [5, 5.41) is 6.67. The van der Waals surface area contributed by atoms with Gasteiger partial charge in [0.1, 0.15) is 11.8 Å². The predicted molar refractivity (Wildman–Crippen MR) is 116 cm³/mol. The van der Waals surface area contributed by atoms with Crippen LogP contribution in [0, 0.1) is 5.92 Å². The van der Waals surface area contributed by atoms with Crippen molar-refractivity contribution in [1.82, 2.24) is 21.5 Å². The summed E-state index contributed by atoms with van der Waals surface area (Å²) in [7, 11) is 0. The minimum Gasteiger partial charge on any atom is -0.494 e. The fraction of sp³-hybridized carbons (Fsp3) is 0.409. The second-order valence-corrected chi connectivity index (χ2v) is 7.38. The number of benzene rings is 2. The molecule has 4 unspecified atom stereocenters. The molecule has 4 rings (SSSR count). The molecule has 6 nitrogen and oxygen atoms in total. The fourth-order valence-corrected chi connectivity index (χ4v) is 4.14. The molecule has 156 valence electrons. The van der Waals surface area contributed by atoms with E-state index in [4.69, 9.17) is 4.74 Å². The Hall–Kier alpha value is -2.12. The van der Waals surface area contributed by atoms with Gasteiger partial charge in [-0.3, -0.25) is 10.2 Å². The Bertz CT molecular complexity index is 787. The molecule has 2 fully saturated rings. The highest BCUT2D eigenvalue weighted by Gasteiger charge is 2.41. The van der Waals surface area contributed by atoms with Crippen LogP contribution in [0.25, 0.3) is 0 Å². The van der Waals surface area contributed by atoms with Crippen LogP contribution in [-0.4, -0.2) is 37.7 Å². The monoisotopic (exact) mass is 416 g/mol. The van der Waals surface area contributed by atoms with Crippen molar-refractivity contribution in [2.45, 2.75) is 31.5 Å². The van der Waals surface area contributed by atoms with Gasteiger partial charge in [0.05, 0.1) is 12.6 Å². The van der Waals surface area contributed by atoms with E-state index in [0.29, 0.717) is 12.6 Å². The van der Waals surface area contributed by atoms with Crippen LogP contribution in [0.15, 0.2) is 54.6 Å². The predicted octanol–water partition coefficient (Wildman–Crippen LogP) is 2.17. The number of carbonyl (C=O) groups is 1. The molecule has 0 spiro atoms. The maximum Gasteiger partial charge on any atom is 0.239 e. The number of hydrogen-bond acceptors (Lipinski definition) is 5. The Kier molecular flexibility index (Phi) is 7.50. The van der Waals surface area contributed by atoms with Crippen molar-refractivity contribution in [3.63, 3.8) is 0 Å². The Morgan fingerprint density at radius 3 is 2.55 bits per heavy atom.